The first-order valence-electron chi connectivity index (χ1n) is 19.3. The van der Waals surface area contributed by atoms with Gasteiger partial charge in [-0.25, -0.2) is 4.79 Å². The predicted octanol–water partition coefficient (Wildman–Crippen LogP) is 3.29. The zero-order chi connectivity index (χ0) is 38.6. The van der Waals surface area contributed by atoms with Crippen LogP contribution in [0.15, 0.2) is 0 Å². The van der Waals surface area contributed by atoms with Crippen LogP contribution in [0.4, 0.5) is 0 Å². The maximum absolute atomic E-state index is 11.4. The number of esters is 1. The molecule has 0 bridgehead atoms. The highest BCUT2D eigenvalue weighted by Gasteiger charge is 2.14. The first-order chi connectivity index (χ1) is 26.1. The minimum atomic E-state index is -1.56. The number of carboxylic acids is 1. The molecule has 53 heavy (non-hydrogen) atoms. The molecule has 0 unspecified atom stereocenters. The third-order valence-corrected chi connectivity index (χ3v) is 7.15. The van der Waals surface area contributed by atoms with Crippen molar-refractivity contribution in [2.45, 2.75) is 71.1 Å². The molecule has 0 radical (unpaired) electrons. The van der Waals surface area contributed by atoms with E-state index < -0.39 is 17.7 Å². The Kier molecular flexibility index (Phi) is 43.0. The Morgan fingerprint density at radius 2 is 0.604 bits per heavy atom. The largest absolute Gasteiger partial charge is 0.476 e. The van der Waals surface area contributed by atoms with Gasteiger partial charge in [-0.3, -0.25) is 9.59 Å². The second-order valence-electron chi connectivity index (χ2n) is 11.7. The molecule has 0 aromatic carbocycles. The van der Waals surface area contributed by atoms with Crippen molar-refractivity contribution in [2.24, 2.45) is 0 Å². The van der Waals surface area contributed by atoms with E-state index >= 15 is 0 Å². The molecule has 0 aliphatic carbocycles. The summed E-state index contributed by atoms with van der Waals surface area (Å²) in [5, 5.41) is 8.45. The van der Waals surface area contributed by atoms with Crippen LogP contribution in [0.25, 0.3) is 0 Å². The first kappa shape index (κ1) is 51.2. The van der Waals surface area contributed by atoms with Crippen LogP contribution < -0.4 is 0 Å². The maximum Gasteiger partial charge on any atom is 0.372 e. The molecule has 16 nitrogen and oxygen atoms in total. The minimum Gasteiger partial charge on any atom is -0.476 e. The van der Waals surface area contributed by atoms with Gasteiger partial charge in [0, 0.05) is 13.0 Å². The van der Waals surface area contributed by atoms with E-state index in [1.165, 1.54) is 44.9 Å². The van der Waals surface area contributed by atoms with Crippen LogP contribution in [0.2, 0.25) is 0 Å². The lowest BCUT2D eigenvalue weighted by atomic mass is 10.1. The summed E-state index contributed by atoms with van der Waals surface area (Å²) in [7, 11) is 0. The number of unbranched alkanes of at least 4 members (excludes halogenated alkanes) is 7. The van der Waals surface area contributed by atoms with Gasteiger partial charge < -0.3 is 61.9 Å². The summed E-state index contributed by atoms with van der Waals surface area (Å²) in [4.78, 5) is 32.7. The normalized spacial score (nSPS) is 11.3. The number of carbonyl (C=O) groups excluding carboxylic acids is 2. The Morgan fingerprint density at radius 1 is 0.340 bits per heavy atom. The third kappa shape index (κ3) is 44.5. The van der Waals surface area contributed by atoms with E-state index in [1.807, 2.05) is 0 Å². The molecule has 314 valence electrons. The number of hydrogen-bond acceptors (Lipinski definition) is 15. The molecule has 0 aliphatic rings. The van der Waals surface area contributed by atoms with Gasteiger partial charge in [-0.2, -0.15) is 0 Å². The van der Waals surface area contributed by atoms with Crippen molar-refractivity contribution in [3.63, 3.8) is 0 Å². The van der Waals surface area contributed by atoms with Crippen LogP contribution in [0.1, 0.15) is 71.1 Å². The highest BCUT2D eigenvalue weighted by atomic mass is 16.6. The molecule has 0 aliphatic heterocycles. The number of carboxylic acid groups (broad SMARTS) is 1. The Bertz CT molecular complexity index is 788. The van der Waals surface area contributed by atoms with E-state index in [0.717, 1.165) is 13.0 Å². The fourth-order valence-electron chi connectivity index (χ4n) is 4.25. The van der Waals surface area contributed by atoms with Crippen LogP contribution in [-0.4, -0.2) is 175 Å². The predicted molar refractivity (Wildman–Crippen MR) is 194 cm³/mol. The van der Waals surface area contributed by atoms with Crippen LogP contribution in [0.5, 0.6) is 0 Å². The van der Waals surface area contributed by atoms with Gasteiger partial charge >= 0.3 is 11.9 Å². The van der Waals surface area contributed by atoms with Crippen LogP contribution in [0, 0.1) is 0 Å². The van der Waals surface area contributed by atoms with E-state index in [1.54, 1.807) is 0 Å². The molecule has 0 saturated heterocycles. The van der Waals surface area contributed by atoms with Crippen LogP contribution in [-0.2, 0) is 71.2 Å². The van der Waals surface area contributed by atoms with Crippen LogP contribution >= 0.6 is 0 Å². The van der Waals surface area contributed by atoms with Gasteiger partial charge in [-0.15, -0.1) is 0 Å². The number of ketones is 1. The lowest BCUT2D eigenvalue weighted by Crippen LogP contribution is -2.17. The molecular formula is C37H70O16. The minimum absolute atomic E-state index is 0.0147. The van der Waals surface area contributed by atoms with Crippen LogP contribution in [0.3, 0.4) is 0 Å². The van der Waals surface area contributed by atoms with E-state index in [9.17, 15) is 14.4 Å². The number of carbonyl (C=O) groups is 3. The Balaban J connectivity index is 3.11. The molecule has 0 fully saturated rings. The van der Waals surface area contributed by atoms with Gasteiger partial charge in [-0.1, -0.05) is 51.9 Å². The van der Waals surface area contributed by atoms with Gasteiger partial charge in [0.2, 0.25) is 5.78 Å². The molecule has 0 saturated carbocycles. The number of rotatable bonds is 46. The maximum atomic E-state index is 11.4. The van der Waals surface area contributed by atoms with Gasteiger partial charge in [-0.05, 0) is 6.42 Å². The fourth-order valence-corrected chi connectivity index (χ4v) is 4.25. The topological polar surface area (TPSA) is 182 Å². The Labute approximate surface area is 317 Å². The van der Waals surface area contributed by atoms with Crippen molar-refractivity contribution in [2.75, 3.05) is 152 Å². The van der Waals surface area contributed by atoms with E-state index in [2.05, 4.69) is 6.92 Å². The average molecular weight is 771 g/mol. The summed E-state index contributed by atoms with van der Waals surface area (Å²) in [6, 6.07) is 0. The summed E-state index contributed by atoms with van der Waals surface area (Å²) in [6.07, 6.45) is 9.79. The average Bonchev–Trinajstić information content (AvgIpc) is 3.15. The zero-order valence-electron chi connectivity index (χ0n) is 32.4. The lowest BCUT2D eigenvalue weighted by molar-refractivity contribution is -0.151. The highest BCUT2D eigenvalue weighted by Crippen LogP contribution is 2.08. The molecule has 0 heterocycles. The van der Waals surface area contributed by atoms with E-state index in [0.29, 0.717) is 132 Å². The van der Waals surface area contributed by atoms with Crippen molar-refractivity contribution in [1.29, 1.82) is 0 Å². The quantitative estimate of drug-likeness (QED) is 0.0540. The summed E-state index contributed by atoms with van der Waals surface area (Å²) in [5.74, 6) is -3.23. The van der Waals surface area contributed by atoms with Crippen molar-refractivity contribution in [3.05, 3.63) is 0 Å². The van der Waals surface area contributed by atoms with Gasteiger partial charge in [0.25, 0.3) is 0 Å². The van der Waals surface area contributed by atoms with E-state index in [-0.39, 0.29) is 26.1 Å². The fraction of sp³-hybridized carbons (Fsp3) is 0.919. The zero-order valence-corrected chi connectivity index (χ0v) is 32.4. The van der Waals surface area contributed by atoms with Crippen molar-refractivity contribution in [1.82, 2.24) is 0 Å². The first-order valence-corrected chi connectivity index (χ1v) is 19.3. The molecule has 1 N–H and O–H groups in total. The number of Topliss-reactive ketones (excluding diaryl/α,β-unsaturated/α-hetero) is 1. The second-order valence-corrected chi connectivity index (χ2v) is 11.7. The summed E-state index contributed by atoms with van der Waals surface area (Å²) >= 11 is 0. The molecule has 0 amide bonds. The molecule has 0 rings (SSSR count). The lowest BCUT2D eigenvalue weighted by Gasteiger charge is -2.09. The number of aliphatic carboxylic acids is 1. The van der Waals surface area contributed by atoms with E-state index in [4.69, 9.17) is 61.9 Å². The SMILES string of the molecule is CCCCCCCCCCOCCOCCOCCOCCOCCOCCOCCOCCOCCOCCOCCOC(=O)CCC(=O)C(=O)O. The van der Waals surface area contributed by atoms with Crippen molar-refractivity contribution < 1.29 is 76.3 Å². The van der Waals surface area contributed by atoms with Gasteiger partial charge in [0.1, 0.15) is 6.61 Å². The molecule has 0 aromatic rings. The van der Waals surface area contributed by atoms with Gasteiger partial charge in [0.15, 0.2) is 0 Å². The standard InChI is InChI=1S/C37H70O16/c1-2-3-4-5-6-7-8-9-12-42-13-14-43-15-16-44-17-18-45-19-20-46-21-22-47-23-24-48-25-26-49-27-28-50-29-30-51-31-32-52-33-34-53-36(39)11-10-35(38)37(40)41/h2-34H2,1H3,(H,40,41). The smallest absolute Gasteiger partial charge is 0.372 e. The summed E-state index contributed by atoms with van der Waals surface area (Å²) in [5.41, 5.74) is 0. The second kappa shape index (κ2) is 44.6. The van der Waals surface area contributed by atoms with Crippen molar-refractivity contribution in [3.8, 4) is 0 Å². The monoisotopic (exact) mass is 770 g/mol. The summed E-state index contributed by atoms with van der Waals surface area (Å²) < 4.78 is 64.9. The Morgan fingerprint density at radius 3 is 0.906 bits per heavy atom. The molecule has 0 aromatic heterocycles. The molecular weight excluding hydrogens is 700 g/mol. The molecule has 0 spiro atoms. The number of ether oxygens (including phenoxy) is 12. The Hall–Kier alpha value is -1.83. The summed E-state index contributed by atoms with van der Waals surface area (Å²) in [6.45, 7) is 12.9. The number of hydrogen-bond donors (Lipinski definition) is 1. The van der Waals surface area contributed by atoms with Gasteiger partial charge in [0.05, 0.1) is 145 Å². The highest BCUT2D eigenvalue weighted by molar-refractivity contribution is 6.32. The van der Waals surface area contributed by atoms with Crippen molar-refractivity contribution >= 4 is 17.7 Å². The molecule has 0 atom stereocenters. The third-order valence-electron chi connectivity index (χ3n) is 7.15. The molecule has 16 heteroatoms.